The zero-order valence-corrected chi connectivity index (χ0v) is 17.0. The summed E-state index contributed by atoms with van der Waals surface area (Å²) in [4.78, 5) is 23.6. The number of fused-ring (bicyclic) bond motifs is 4. The number of hydrogen-bond acceptors (Lipinski definition) is 5. The van der Waals surface area contributed by atoms with Gasteiger partial charge in [0, 0.05) is 24.7 Å². The summed E-state index contributed by atoms with van der Waals surface area (Å²) in [7, 11) is -4.16. The number of hydrogen-bond donors (Lipinski definition) is 1. The normalized spacial score (nSPS) is 26.4. The van der Waals surface area contributed by atoms with Gasteiger partial charge < -0.3 is 4.18 Å². The van der Waals surface area contributed by atoms with E-state index in [0.29, 0.717) is 18.1 Å². The molecule has 1 aromatic carbocycles. The molecule has 0 heterocycles. The van der Waals surface area contributed by atoms with Gasteiger partial charge in [-0.1, -0.05) is 24.1 Å². The van der Waals surface area contributed by atoms with Gasteiger partial charge in [-0.3, -0.25) is 9.59 Å². The minimum absolute atomic E-state index is 0.207. The first-order valence-electron chi connectivity index (χ1n) is 9.87. The van der Waals surface area contributed by atoms with Gasteiger partial charge in [0.15, 0.2) is 0 Å². The van der Waals surface area contributed by atoms with E-state index in [1.54, 1.807) is 16.9 Å². The van der Waals surface area contributed by atoms with E-state index in [9.17, 15) is 18.0 Å². The van der Waals surface area contributed by atoms with E-state index in [2.05, 4.69) is 6.92 Å². The summed E-state index contributed by atoms with van der Waals surface area (Å²) < 4.78 is 30.5. The van der Waals surface area contributed by atoms with Crippen LogP contribution in [0.15, 0.2) is 29.3 Å². The van der Waals surface area contributed by atoms with Crippen molar-refractivity contribution in [2.45, 2.75) is 64.7 Å². The maximum atomic E-state index is 12.6. The average molecular weight is 404 g/mol. The molecule has 0 saturated heterocycles. The highest BCUT2D eigenvalue weighted by atomic mass is 32.2. The molecule has 7 heteroatoms. The van der Waals surface area contributed by atoms with Crippen LogP contribution in [0.25, 0.3) is 0 Å². The fourth-order valence-corrected chi connectivity index (χ4v) is 6.21. The Bertz CT molecular complexity index is 994. The molecule has 1 amide bonds. The molecule has 6 nitrogen and oxygen atoms in total. The van der Waals surface area contributed by atoms with Gasteiger partial charge in [0.25, 0.3) is 0 Å². The number of amides is 1. The molecular formula is C21H25NO5S. The van der Waals surface area contributed by atoms with Crippen LogP contribution >= 0.6 is 0 Å². The first-order chi connectivity index (χ1) is 13.3. The number of aryl methyl sites for hydroxylation is 1. The first kappa shape index (κ1) is 19.2. The lowest BCUT2D eigenvalue weighted by atomic mass is 9.62. The van der Waals surface area contributed by atoms with Gasteiger partial charge >= 0.3 is 10.3 Å². The predicted octanol–water partition coefficient (Wildman–Crippen LogP) is 3.33. The molecule has 2 atom stereocenters. The first-order valence-corrected chi connectivity index (χ1v) is 11.3. The van der Waals surface area contributed by atoms with Crippen LogP contribution in [0.5, 0.6) is 5.75 Å². The fraction of sp³-hybridized carbons (Fsp3) is 0.524. The minimum Gasteiger partial charge on any atom is -0.367 e. The Balaban J connectivity index is 1.65. The van der Waals surface area contributed by atoms with Crippen LogP contribution in [-0.2, 0) is 26.3 Å². The van der Waals surface area contributed by atoms with Crippen molar-refractivity contribution in [2.24, 2.45) is 5.41 Å². The van der Waals surface area contributed by atoms with Crippen molar-refractivity contribution in [1.29, 1.82) is 0 Å². The second-order valence-electron chi connectivity index (χ2n) is 8.01. The summed E-state index contributed by atoms with van der Waals surface area (Å²) in [6.07, 6.45) is 6.01. The quantitative estimate of drug-likeness (QED) is 0.779. The van der Waals surface area contributed by atoms with Crippen molar-refractivity contribution >= 4 is 22.0 Å². The number of Topliss-reactive ketones (excluding diaryl/α,β-unsaturated/α-hetero) is 1. The van der Waals surface area contributed by atoms with Gasteiger partial charge in [0.1, 0.15) is 11.5 Å². The maximum Gasteiger partial charge on any atom is 0.409 e. The minimum atomic E-state index is -4.16. The van der Waals surface area contributed by atoms with E-state index in [4.69, 9.17) is 4.18 Å². The zero-order chi connectivity index (χ0) is 20.1. The molecule has 0 spiro atoms. The van der Waals surface area contributed by atoms with Gasteiger partial charge in [-0.2, -0.15) is 8.42 Å². The molecule has 1 N–H and O–H groups in total. The highest BCUT2D eigenvalue weighted by Crippen LogP contribution is 2.57. The average Bonchev–Trinajstić information content (AvgIpc) is 2.97. The monoisotopic (exact) mass is 403 g/mol. The van der Waals surface area contributed by atoms with Crippen molar-refractivity contribution in [3.63, 3.8) is 0 Å². The molecule has 0 radical (unpaired) electrons. The van der Waals surface area contributed by atoms with E-state index in [-0.39, 0.29) is 11.2 Å². The SMILES string of the molecule is CCC12CCC3C(=C1CCC2=O)CCc1cc(OS(=O)(=O)NC(C)=O)ccc13. The molecule has 3 aliphatic rings. The molecule has 1 fully saturated rings. The topological polar surface area (TPSA) is 89.5 Å². The molecule has 150 valence electrons. The predicted molar refractivity (Wildman–Crippen MR) is 104 cm³/mol. The van der Waals surface area contributed by atoms with Gasteiger partial charge in [0.05, 0.1) is 0 Å². The van der Waals surface area contributed by atoms with Crippen LogP contribution in [0.1, 0.15) is 69.4 Å². The lowest BCUT2D eigenvalue weighted by Crippen LogP contribution is -2.34. The Morgan fingerprint density at radius 3 is 2.75 bits per heavy atom. The Labute approximate surface area is 165 Å². The number of benzene rings is 1. The van der Waals surface area contributed by atoms with E-state index in [0.717, 1.165) is 51.0 Å². The molecule has 0 aliphatic heterocycles. The number of ketones is 1. The van der Waals surface area contributed by atoms with Crippen molar-refractivity contribution in [3.05, 3.63) is 40.5 Å². The number of allylic oxidation sites excluding steroid dienone is 2. The second-order valence-corrected chi connectivity index (χ2v) is 9.29. The van der Waals surface area contributed by atoms with E-state index < -0.39 is 16.2 Å². The molecule has 4 rings (SSSR count). The molecule has 28 heavy (non-hydrogen) atoms. The molecule has 0 bridgehead atoms. The Hall–Kier alpha value is -2.15. The van der Waals surface area contributed by atoms with Gasteiger partial charge in [0.2, 0.25) is 5.91 Å². The second kappa shape index (κ2) is 6.72. The number of nitrogens with one attached hydrogen (secondary N) is 1. The molecule has 3 aliphatic carbocycles. The molecular weight excluding hydrogens is 378 g/mol. The fourth-order valence-electron chi connectivity index (χ4n) is 5.46. The lowest BCUT2D eigenvalue weighted by Gasteiger charge is -2.41. The van der Waals surface area contributed by atoms with Crippen molar-refractivity contribution in [1.82, 2.24) is 4.72 Å². The van der Waals surface area contributed by atoms with Crippen LogP contribution in [-0.4, -0.2) is 20.1 Å². The Morgan fingerprint density at radius 1 is 1.25 bits per heavy atom. The highest BCUT2D eigenvalue weighted by Gasteiger charge is 2.49. The van der Waals surface area contributed by atoms with Crippen molar-refractivity contribution in [3.8, 4) is 5.75 Å². The van der Waals surface area contributed by atoms with Crippen LogP contribution in [0.3, 0.4) is 0 Å². The van der Waals surface area contributed by atoms with Crippen molar-refractivity contribution in [2.75, 3.05) is 0 Å². The third-order valence-corrected chi connectivity index (χ3v) is 7.56. The largest absolute Gasteiger partial charge is 0.409 e. The highest BCUT2D eigenvalue weighted by molar-refractivity contribution is 7.85. The summed E-state index contributed by atoms with van der Waals surface area (Å²) in [6.45, 7) is 3.25. The summed E-state index contributed by atoms with van der Waals surface area (Å²) in [5.74, 6) is 0.235. The lowest BCUT2D eigenvalue weighted by molar-refractivity contribution is -0.125. The Kier molecular flexibility index (Phi) is 4.61. The number of rotatable bonds is 4. The van der Waals surface area contributed by atoms with Gasteiger partial charge in [-0.15, -0.1) is 0 Å². The Morgan fingerprint density at radius 2 is 2.04 bits per heavy atom. The van der Waals surface area contributed by atoms with Crippen molar-refractivity contribution < 1.29 is 22.2 Å². The zero-order valence-electron chi connectivity index (χ0n) is 16.2. The van der Waals surface area contributed by atoms with Gasteiger partial charge in [-0.25, -0.2) is 4.72 Å². The third-order valence-electron chi connectivity index (χ3n) is 6.61. The smallest absolute Gasteiger partial charge is 0.367 e. The van der Waals surface area contributed by atoms with Crippen LogP contribution in [0.4, 0.5) is 0 Å². The molecule has 2 unspecified atom stereocenters. The number of carbonyl (C=O) groups excluding carboxylic acids is 2. The third kappa shape index (κ3) is 3.05. The van der Waals surface area contributed by atoms with Gasteiger partial charge in [-0.05, 0) is 61.8 Å². The molecule has 0 aromatic heterocycles. The summed E-state index contributed by atoms with van der Waals surface area (Å²) in [5.41, 5.74) is 4.89. The van der Waals surface area contributed by atoms with E-state index in [1.165, 1.54) is 16.7 Å². The van der Waals surface area contributed by atoms with Crippen LogP contribution in [0.2, 0.25) is 0 Å². The standard InChI is InChI=1S/C21H25NO5S/c1-3-21-11-10-17-16-7-5-15(27-28(25,26)22-13(2)23)12-14(16)4-6-18(17)19(21)8-9-20(21)24/h5,7,12,17H,3-4,6,8-11H2,1-2H3,(H,22,23). The molecule has 1 aromatic rings. The van der Waals surface area contributed by atoms with Crippen LogP contribution < -0.4 is 8.91 Å². The van der Waals surface area contributed by atoms with E-state index in [1.807, 2.05) is 6.07 Å². The number of carbonyl (C=O) groups is 2. The summed E-state index contributed by atoms with van der Waals surface area (Å²) in [6, 6.07) is 5.35. The summed E-state index contributed by atoms with van der Waals surface area (Å²) in [5, 5.41) is 0. The molecule has 1 saturated carbocycles. The maximum absolute atomic E-state index is 12.6. The summed E-state index contributed by atoms with van der Waals surface area (Å²) >= 11 is 0. The van der Waals surface area contributed by atoms with Crippen LogP contribution in [0, 0.1) is 5.41 Å². The van der Waals surface area contributed by atoms with E-state index >= 15 is 0 Å².